The summed E-state index contributed by atoms with van der Waals surface area (Å²) in [6.07, 6.45) is 4.80. The Kier molecular flexibility index (Phi) is 4.64. The van der Waals surface area contributed by atoms with E-state index in [4.69, 9.17) is 0 Å². The zero-order chi connectivity index (χ0) is 14.0. The lowest BCUT2D eigenvalue weighted by Gasteiger charge is -2.28. The van der Waals surface area contributed by atoms with E-state index < -0.39 is 14.6 Å². The first-order chi connectivity index (χ1) is 8.19. The lowest BCUT2D eigenvalue weighted by molar-refractivity contribution is 0.468. The van der Waals surface area contributed by atoms with E-state index in [1.807, 2.05) is 38.0 Å². The van der Waals surface area contributed by atoms with Crippen LogP contribution in [0.5, 0.6) is 0 Å². The fraction of sp³-hybridized carbons (Fsp3) is 0.917. The molecule has 0 radical (unpaired) electrons. The summed E-state index contributed by atoms with van der Waals surface area (Å²) in [6, 6.07) is 0. The molecule has 1 aliphatic rings. The van der Waals surface area contributed by atoms with Crippen molar-refractivity contribution in [1.29, 1.82) is 0 Å². The third-order valence-electron chi connectivity index (χ3n) is 3.61. The normalized spacial score (nSPS) is 18.5. The van der Waals surface area contributed by atoms with Crippen molar-refractivity contribution in [3.05, 3.63) is 0 Å². The molecule has 1 fully saturated rings. The number of nitrogens with zero attached hydrogens (tertiary/aromatic N) is 3. The van der Waals surface area contributed by atoms with Crippen LogP contribution < -0.4 is 0 Å². The molecular formula is C12H25N3O2S. The predicted octanol–water partition coefficient (Wildman–Crippen LogP) is 0.823. The molecule has 0 N–H and O–H groups in total. The zero-order valence-electron chi connectivity index (χ0n) is 12.1. The lowest BCUT2D eigenvalue weighted by atomic mass is 10.1. The summed E-state index contributed by atoms with van der Waals surface area (Å²) in [5, 5.41) is 0. The van der Waals surface area contributed by atoms with Crippen molar-refractivity contribution in [2.24, 2.45) is 4.99 Å². The van der Waals surface area contributed by atoms with Gasteiger partial charge in [-0.3, -0.25) is 4.99 Å². The molecule has 0 aromatic carbocycles. The second kappa shape index (κ2) is 5.47. The van der Waals surface area contributed by atoms with Crippen LogP contribution in [0.3, 0.4) is 0 Å². The zero-order valence-corrected chi connectivity index (χ0v) is 12.9. The monoisotopic (exact) mass is 275 g/mol. The minimum Gasteiger partial charge on any atom is -0.349 e. The number of guanidine groups is 1. The molecule has 1 rings (SSSR count). The van der Waals surface area contributed by atoms with Crippen LogP contribution in [-0.2, 0) is 9.84 Å². The summed E-state index contributed by atoms with van der Waals surface area (Å²) in [6.45, 7) is 0.373. The first-order valence-corrected chi connectivity index (χ1v) is 8.17. The average Bonchev–Trinajstić information content (AvgIpc) is 2.65. The fourth-order valence-electron chi connectivity index (χ4n) is 2.56. The highest BCUT2D eigenvalue weighted by Gasteiger charge is 2.43. The molecule has 0 aliphatic heterocycles. The highest BCUT2D eigenvalue weighted by Crippen LogP contribution is 2.36. The van der Waals surface area contributed by atoms with Gasteiger partial charge >= 0.3 is 0 Å². The molecular weight excluding hydrogens is 250 g/mol. The molecule has 0 spiro atoms. The van der Waals surface area contributed by atoms with Crippen LogP contribution in [0.4, 0.5) is 0 Å². The van der Waals surface area contributed by atoms with Crippen molar-refractivity contribution in [2.45, 2.75) is 30.4 Å². The van der Waals surface area contributed by atoms with E-state index in [9.17, 15) is 8.42 Å². The Morgan fingerprint density at radius 3 is 1.89 bits per heavy atom. The van der Waals surface area contributed by atoms with Gasteiger partial charge in [0.15, 0.2) is 15.8 Å². The first-order valence-electron chi connectivity index (χ1n) is 6.28. The molecule has 106 valence electrons. The maximum absolute atomic E-state index is 12.0. The largest absolute Gasteiger partial charge is 0.349 e. The molecule has 1 aliphatic carbocycles. The standard InChI is InChI=1S/C12H25N3O2S/c1-14(2)11(15(3)4)13-10-12(18(5,16)17)8-6-7-9-12/h6-10H2,1-5H3. The Bertz CT molecular complexity index is 397. The van der Waals surface area contributed by atoms with E-state index in [1.54, 1.807) is 0 Å². The SMILES string of the molecule is CN(C)C(=NCC1(S(C)(=O)=O)CCCC1)N(C)C. The molecule has 18 heavy (non-hydrogen) atoms. The van der Waals surface area contributed by atoms with Crippen LogP contribution >= 0.6 is 0 Å². The third kappa shape index (κ3) is 3.16. The van der Waals surface area contributed by atoms with E-state index in [0.717, 1.165) is 31.6 Å². The van der Waals surface area contributed by atoms with Gasteiger partial charge in [-0.25, -0.2) is 8.42 Å². The Morgan fingerprint density at radius 2 is 1.56 bits per heavy atom. The number of hydrogen-bond donors (Lipinski definition) is 0. The van der Waals surface area contributed by atoms with Crippen LogP contribution in [0, 0.1) is 0 Å². The minimum atomic E-state index is -3.06. The van der Waals surface area contributed by atoms with Crippen molar-refractivity contribution in [3.8, 4) is 0 Å². The van der Waals surface area contributed by atoms with Crippen LogP contribution in [-0.4, -0.2) is 69.9 Å². The second-order valence-corrected chi connectivity index (χ2v) is 7.98. The molecule has 6 heteroatoms. The van der Waals surface area contributed by atoms with Crippen LogP contribution in [0.15, 0.2) is 4.99 Å². The first kappa shape index (κ1) is 15.3. The van der Waals surface area contributed by atoms with E-state index in [1.165, 1.54) is 6.26 Å². The molecule has 0 amide bonds. The molecule has 5 nitrogen and oxygen atoms in total. The maximum atomic E-state index is 12.0. The van der Waals surface area contributed by atoms with E-state index in [0.29, 0.717) is 6.54 Å². The molecule has 0 bridgehead atoms. The maximum Gasteiger partial charge on any atom is 0.195 e. The van der Waals surface area contributed by atoms with Gasteiger partial charge in [-0.1, -0.05) is 12.8 Å². The highest BCUT2D eigenvalue weighted by molar-refractivity contribution is 7.92. The fourth-order valence-corrected chi connectivity index (χ4v) is 3.89. The predicted molar refractivity (Wildman–Crippen MR) is 75.7 cm³/mol. The molecule has 0 saturated heterocycles. The highest BCUT2D eigenvalue weighted by atomic mass is 32.2. The Morgan fingerprint density at radius 1 is 1.11 bits per heavy atom. The summed E-state index contributed by atoms with van der Waals surface area (Å²) >= 11 is 0. The third-order valence-corrected chi connectivity index (χ3v) is 5.72. The van der Waals surface area contributed by atoms with Crippen molar-refractivity contribution in [2.75, 3.05) is 41.0 Å². The van der Waals surface area contributed by atoms with Gasteiger partial charge in [-0.05, 0) is 12.8 Å². The lowest BCUT2D eigenvalue weighted by Crippen LogP contribution is -2.41. The van der Waals surface area contributed by atoms with Gasteiger partial charge in [-0.15, -0.1) is 0 Å². The average molecular weight is 275 g/mol. The quantitative estimate of drug-likeness (QED) is 0.565. The molecule has 1 saturated carbocycles. The van der Waals surface area contributed by atoms with E-state index in [-0.39, 0.29) is 0 Å². The van der Waals surface area contributed by atoms with Crippen molar-refractivity contribution < 1.29 is 8.42 Å². The second-order valence-electron chi connectivity index (χ2n) is 5.57. The van der Waals surface area contributed by atoms with Gasteiger partial charge < -0.3 is 9.80 Å². The van der Waals surface area contributed by atoms with Gasteiger partial charge in [-0.2, -0.15) is 0 Å². The molecule has 0 atom stereocenters. The Labute approximate surface area is 111 Å². The number of rotatable bonds is 3. The van der Waals surface area contributed by atoms with Crippen LogP contribution in [0.25, 0.3) is 0 Å². The number of aliphatic imine (C=N–C) groups is 1. The summed E-state index contributed by atoms with van der Waals surface area (Å²) in [5.74, 6) is 0.810. The molecule has 0 unspecified atom stereocenters. The molecule has 0 heterocycles. The summed E-state index contributed by atoms with van der Waals surface area (Å²) in [5.41, 5.74) is 0. The topological polar surface area (TPSA) is 53.0 Å². The minimum absolute atomic E-state index is 0.373. The number of hydrogen-bond acceptors (Lipinski definition) is 3. The smallest absolute Gasteiger partial charge is 0.195 e. The van der Waals surface area contributed by atoms with Gasteiger partial charge in [0.05, 0.1) is 11.3 Å². The van der Waals surface area contributed by atoms with Gasteiger partial charge in [0, 0.05) is 34.4 Å². The summed E-state index contributed by atoms with van der Waals surface area (Å²) in [4.78, 5) is 8.35. The van der Waals surface area contributed by atoms with Crippen molar-refractivity contribution in [3.63, 3.8) is 0 Å². The van der Waals surface area contributed by atoms with E-state index in [2.05, 4.69) is 4.99 Å². The summed E-state index contributed by atoms with van der Waals surface area (Å²) in [7, 11) is 4.61. The van der Waals surface area contributed by atoms with E-state index >= 15 is 0 Å². The van der Waals surface area contributed by atoms with Gasteiger partial charge in [0.2, 0.25) is 0 Å². The molecule has 0 aromatic heterocycles. The van der Waals surface area contributed by atoms with Crippen LogP contribution in [0.1, 0.15) is 25.7 Å². The number of sulfone groups is 1. The molecule has 0 aromatic rings. The summed E-state index contributed by atoms with van der Waals surface area (Å²) < 4.78 is 23.4. The van der Waals surface area contributed by atoms with Gasteiger partial charge in [0.25, 0.3) is 0 Å². The van der Waals surface area contributed by atoms with Crippen LogP contribution in [0.2, 0.25) is 0 Å². The van der Waals surface area contributed by atoms with Crippen molar-refractivity contribution in [1.82, 2.24) is 9.80 Å². The van der Waals surface area contributed by atoms with Crippen molar-refractivity contribution >= 4 is 15.8 Å². The van der Waals surface area contributed by atoms with Gasteiger partial charge in [0.1, 0.15) is 0 Å². The Hall–Kier alpha value is -0.780. The Balaban J connectivity index is 2.96.